The maximum Gasteiger partial charge on any atom is 0.143 e. The highest BCUT2D eigenvalue weighted by molar-refractivity contribution is 7.21. The van der Waals surface area contributed by atoms with Crippen molar-refractivity contribution >= 4 is 66.2 Å². The van der Waals surface area contributed by atoms with E-state index in [9.17, 15) is 5.26 Å². The van der Waals surface area contributed by atoms with Crippen molar-refractivity contribution in [2.45, 2.75) is 26.2 Å². The quantitative estimate of drug-likeness (QED) is 0.169. The molecule has 9 rings (SSSR count). The van der Waals surface area contributed by atoms with E-state index in [1.807, 2.05) is 48.7 Å². The van der Waals surface area contributed by atoms with Gasteiger partial charge in [0.25, 0.3) is 0 Å². The van der Waals surface area contributed by atoms with Gasteiger partial charge in [0, 0.05) is 39.2 Å². The molecule has 4 nitrogen and oxygen atoms in total. The van der Waals surface area contributed by atoms with Crippen LogP contribution in [0.5, 0.6) is 0 Å². The highest BCUT2D eigenvalue weighted by atomic mass is 32.1. The molecule has 0 aliphatic carbocycles. The average Bonchev–Trinajstić information content (AvgIpc) is 3.79. The van der Waals surface area contributed by atoms with Crippen LogP contribution in [0.15, 0.2) is 149 Å². The highest BCUT2D eigenvalue weighted by Gasteiger charge is 2.24. The van der Waals surface area contributed by atoms with Gasteiger partial charge in [0.1, 0.15) is 16.2 Å². The summed E-state index contributed by atoms with van der Waals surface area (Å²) < 4.78 is 7.86. The van der Waals surface area contributed by atoms with Gasteiger partial charge >= 0.3 is 0 Å². The Bertz CT molecular complexity index is 2890. The normalized spacial score (nSPS) is 12.0. The fourth-order valence-corrected chi connectivity index (χ4v) is 8.12. The minimum atomic E-state index is -0.0941. The fraction of sp³-hybridized carbons (Fsp3) is 0.0851. The SMILES string of the molecule is CC(C)(C)c1cc(-c2ccc(-c3ccc(C#N)cc3)c3c2oc2ccccc23)c2nc(-c3ccccc3N=Cc3cccc4ccccc34)sc2c1. The number of benzene rings is 7. The van der Waals surface area contributed by atoms with Gasteiger partial charge < -0.3 is 4.42 Å². The topological polar surface area (TPSA) is 62.2 Å². The Kier molecular flexibility index (Phi) is 7.57. The van der Waals surface area contributed by atoms with Crippen LogP contribution < -0.4 is 0 Å². The second-order valence-corrected chi connectivity index (χ2v) is 15.2. The van der Waals surface area contributed by atoms with Gasteiger partial charge in [0.05, 0.1) is 27.5 Å². The van der Waals surface area contributed by atoms with E-state index in [0.29, 0.717) is 5.56 Å². The maximum atomic E-state index is 9.43. The summed E-state index contributed by atoms with van der Waals surface area (Å²) >= 11 is 1.70. The zero-order chi connectivity index (χ0) is 35.4. The zero-order valence-corrected chi connectivity index (χ0v) is 29.8. The molecule has 7 aromatic carbocycles. The van der Waals surface area contributed by atoms with E-state index < -0.39 is 0 Å². The number of furan rings is 1. The molecule has 0 unspecified atom stereocenters. The lowest BCUT2D eigenvalue weighted by atomic mass is 9.84. The van der Waals surface area contributed by atoms with Crippen LogP contribution in [0.2, 0.25) is 0 Å². The molecule has 0 atom stereocenters. The molecule has 0 aliphatic rings. The first kappa shape index (κ1) is 31.6. The lowest BCUT2D eigenvalue weighted by Crippen LogP contribution is -2.11. The van der Waals surface area contributed by atoms with Gasteiger partial charge in [-0.25, -0.2) is 4.98 Å². The van der Waals surface area contributed by atoms with Crippen molar-refractivity contribution in [3.05, 3.63) is 156 Å². The molecule has 0 N–H and O–H groups in total. The van der Waals surface area contributed by atoms with Gasteiger partial charge in [-0.1, -0.05) is 112 Å². The van der Waals surface area contributed by atoms with Crippen LogP contribution in [-0.2, 0) is 5.41 Å². The Balaban J connectivity index is 1.24. The molecular formula is C47H33N3OS. The molecule has 0 aliphatic heterocycles. The van der Waals surface area contributed by atoms with E-state index in [0.717, 1.165) is 76.2 Å². The van der Waals surface area contributed by atoms with Crippen molar-refractivity contribution in [1.29, 1.82) is 5.26 Å². The van der Waals surface area contributed by atoms with Gasteiger partial charge in [-0.3, -0.25) is 4.99 Å². The third-order valence-electron chi connectivity index (χ3n) is 9.80. The Hall–Kier alpha value is -6.35. The van der Waals surface area contributed by atoms with Crippen molar-refractivity contribution in [1.82, 2.24) is 4.98 Å². The molecule has 0 fully saturated rings. The summed E-state index contributed by atoms with van der Waals surface area (Å²) in [5, 5.41) is 14.8. The lowest BCUT2D eigenvalue weighted by Gasteiger charge is -2.20. The first-order chi connectivity index (χ1) is 25.4. The molecule has 0 bridgehead atoms. The molecule has 0 spiro atoms. The van der Waals surface area contributed by atoms with E-state index in [1.54, 1.807) is 11.3 Å². The summed E-state index contributed by atoms with van der Waals surface area (Å²) in [6, 6.07) is 50.1. The summed E-state index contributed by atoms with van der Waals surface area (Å²) in [6.07, 6.45) is 1.96. The van der Waals surface area contributed by atoms with Crippen molar-refractivity contribution in [2.75, 3.05) is 0 Å². The van der Waals surface area contributed by atoms with E-state index >= 15 is 0 Å². The number of thiazole rings is 1. The Morgan fingerprint density at radius 2 is 1.44 bits per heavy atom. The largest absolute Gasteiger partial charge is 0.455 e. The molecule has 0 radical (unpaired) electrons. The van der Waals surface area contributed by atoms with E-state index in [2.05, 4.69) is 124 Å². The van der Waals surface area contributed by atoms with Crippen molar-refractivity contribution < 1.29 is 4.42 Å². The molecular weight excluding hydrogens is 655 g/mol. The summed E-state index contributed by atoms with van der Waals surface area (Å²) in [6.45, 7) is 6.76. The van der Waals surface area contributed by atoms with E-state index in [1.165, 1.54) is 16.3 Å². The number of hydrogen-bond donors (Lipinski definition) is 0. The molecule has 52 heavy (non-hydrogen) atoms. The Morgan fingerprint density at radius 3 is 2.27 bits per heavy atom. The van der Waals surface area contributed by atoms with Crippen LogP contribution in [0.4, 0.5) is 5.69 Å². The van der Waals surface area contributed by atoms with Crippen molar-refractivity contribution in [3.8, 4) is 38.9 Å². The minimum absolute atomic E-state index is 0.0941. The third kappa shape index (κ3) is 5.45. The van der Waals surface area contributed by atoms with Gasteiger partial charge in [0.15, 0.2) is 0 Å². The number of aromatic nitrogens is 1. The smallest absolute Gasteiger partial charge is 0.143 e. The van der Waals surface area contributed by atoms with Crippen molar-refractivity contribution in [3.63, 3.8) is 0 Å². The van der Waals surface area contributed by atoms with Crippen LogP contribution in [0.3, 0.4) is 0 Å². The van der Waals surface area contributed by atoms with Gasteiger partial charge in [-0.2, -0.15) is 5.26 Å². The second kappa shape index (κ2) is 12.5. The average molecular weight is 688 g/mol. The first-order valence-electron chi connectivity index (χ1n) is 17.4. The predicted molar refractivity (Wildman–Crippen MR) is 218 cm³/mol. The number of nitriles is 1. The molecule has 9 aromatic rings. The molecule has 0 amide bonds. The molecule has 248 valence electrons. The lowest BCUT2D eigenvalue weighted by molar-refractivity contribution is 0.591. The van der Waals surface area contributed by atoms with Crippen molar-refractivity contribution in [2.24, 2.45) is 4.99 Å². The zero-order valence-electron chi connectivity index (χ0n) is 29.0. The minimum Gasteiger partial charge on any atom is -0.455 e. The van der Waals surface area contributed by atoms with Crippen LogP contribution in [-0.4, -0.2) is 11.2 Å². The van der Waals surface area contributed by atoms with Crippen LogP contribution >= 0.6 is 11.3 Å². The monoisotopic (exact) mass is 687 g/mol. The number of rotatable bonds is 5. The van der Waals surface area contributed by atoms with Crippen LogP contribution in [0.1, 0.15) is 37.5 Å². The second-order valence-electron chi connectivity index (χ2n) is 14.1. The summed E-state index contributed by atoms with van der Waals surface area (Å²) in [5.41, 5.74) is 11.4. The number of fused-ring (bicyclic) bond motifs is 5. The molecule has 5 heteroatoms. The number of aliphatic imine (C=N–C) groups is 1. The highest BCUT2D eigenvalue weighted by Crippen LogP contribution is 2.46. The number of para-hydroxylation sites is 2. The molecule has 2 heterocycles. The first-order valence-corrected chi connectivity index (χ1v) is 18.2. The number of hydrogen-bond acceptors (Lipinski definition) is 5. The third-order valence-corrected chi connectivity index (χ3v) is 10.8. The Morgan fingerprint density at radius 1 is 0.712 bits per heavy atom. The van der Waals surface area contributed by atoms with Gasteiger partial charge in [-0.05, 0) is 81.4 Å². The van der Waals surface area contributed by atoms with Gasteiger partial charge in [0.2, 0.25) is 0 Å². The van der Waals surface area contributed by atoms with Gasteiger partial charge in [-0.15, -0.1) is 11.3 Å². The van der Waals surface area contributed by atoms with Crippen LogP contribution in [0.25, 0.3) is 75.8 Å². The maximum absolute atomic E-state index is 9.43. The fourth-order valence-electron chi connectivity index (χ4n) is 7.06. The molecule has 0 saturated carbocycles. The van der Waals surface area contributed by atoms with Crippen LogP contribution in [0, 0.1) is 11.3 Å². The standard InChI is InChI=1S/C47H33N3OS/c1-47(2,3)33-25-39(36-24-23-35(31-21-19-29(27-48)20-22-31)43-38-16-7-9-18-41(38)51-45(36)43)44-42(26-33)52-46(50-44)37-15-6-8-17-40(37)49-28-32-13-10-12-30-11-4-5-14-34(30)32/h4-26,28H,1-3H3. The molecule has 0 saturated heterocycles. The van der Waals surface area contributed by atoms with E-state index in [4.69, 9.17) is 14.4 Å². The summed E-state index contributed by atoms with van der Waals surface area (Å²) in [7, 11) is 0. The summed E-state index contributed by atoms with van der Waals surface area (Å²) in [5.74, 6) is 0. The van der Waals surface area contributed by atoms with E-state index in [-0.39, 0.29) is 5.41 Å². The molecule has 2 aromatic heterocycles. The number of nitrogens with zero attached hydrogens (tertiary/aromatic N) is 3. The Labute approximate surface area is 306 Å². The predicted octanol–water partition coefficient (Wildman–Crippen LogP) is 13.3. The summed E-state index contributed by atoms with van der Waals surface area (Å²) in [4.78, 5) is 10.4.